The molecule has 4 heteroatoms. The molecule has 2 aromatic rings. The molecule has 102 valence electrons. The molecule has 0 spiro atoms. The zero-order valence-corrected chi connectivity index (χ0v) is 12.9. The summed E-state index contributed by atoms with van der Waals surface area (Å²) in [5.41, 5.74) is 1.91. The van der Waals surface area contributed by atoms with Gasteiger partial charge in [-0.1, -0.05) is 15.9 Å². The Balaban J connectivity index is 2.25. The SMILES string of the molecule is Cc1ccc(CN(C)c2ccc(Br)cc2C(C)O)o1. The number of anilines is 1. The highest BCUT2D eigenvalue weighted by molar-refractivity contribution is 9.10. The van der Waals surface area contributed by atoms with Gasteiger partial charge in [-0.3, -0.25) is 0 Å². The standard InChI is InChI=1S/C15H18BrNO2/c1-10-4-6-13(19-10)9-17(3)15-7-5-12(16)8-14(15)11(2)18/h4-8,11,18H,9H2,1-3H3. The molecule has 0 amide bonds. The summed E-state index contributed by atoms with van der Waals surface area (Å²) in [7, 11) is 1.99. The lowest BCUT2D eigenvalue weighted by atomic mass is 10.1. The van der Waals surface area contributed by atoms with Gasteiger partial charge in [0.25, 0.3) is 0 Å². The minimum Gasteiger partial charge on any atom is -0.464 e. The van der Waals surface area contributed by atoms with Crippen molar-refractivity contribution in [1.29, 1.82) is 0 Å². The Hall–Kier alpha value is -1.26. The first kappa shape index (κ1) is 14.2. The smallest absolute Gasteiger partial charge is 0.123 e. The second-order valence-corrected chi connectivity index (χ2v) is 5.66. The second kappa shape index (κ2) is 5.80. The summed E-state index contributed by atoms with van der Waals surface area (Å²) in [4.78, 5) is 2.08. The maximum Gasteiger partial charge on any atom is 0.123 e. The van der Waals surface area contributed by atoms with E-state index in [0.717, 1.165) is 27.2 Å². The Morgan fingerprint density at radius 2 is 2.05 bits per heavy atom. The maximum absolute atomic E-state index is 9.88. The predicted octanol–water partition coefficient (Wildman–Crippen LogP) is 4.04. The predicted molar refractivity (Wildman–Crippen MR) is 80.3 cm³/mol. The van der Waals surface area contributed by atoms with Crippen LogP contribution in [0.3, 0.4) is 0 Å². The number of benzene rings is 1. The first-order chi connectivity index (χ1) is 8.97. The molecule has 1 N–H and O–H groups in total. The van der Waals surface area contributed by atoms with E-state index in [-0.39, 0.29) is 0 Å². The van der Waals surface area contributed by atoms with Gasteiger partial charge in [0.2, 0.25) is 0 Å². The van der Waals surface area contributed by atoms with Crippen LogP contribution in [0.5, 0.6) is 0 Å². The number of halogens is 1. The number of hydrogen-bond donors (Lipinski definition) is 1. The molecule has 0 radical (unpaired) electrons. The fourth-order valence-corrected chi connectivity index (χ4v) is 2.48. The van der Waals surface area contributed by atoms with Gasteiger partial charge in [-0.2, -0.15) is 0 Å². The molecule has 0 bridgehead atoms. The molecule has 0 aliphatic heterocycles. The van der Waals surface area contributed by atoms with Crippen molar-refractivity contribution in [3.8, 4) is 0 Å². The molecule has 1 atom stereocenters. The molecular formula is C15H18BrNO2. The fraction of sp³-hybridized carbons (Fsp3) is 0.333. The minimum atomic E-state index is -0.506. The molecule has 19 heavy (non-hydrogen) atoms. The summed E-state index contributed by atoms with van der Waals surface area (Å²) in [6, 6.07) is 9.87. The molecule has 1 heterocycles. The molecule has 0 aliphatic carbocycles. The van der Waals surface area contributed by atoms with Crippen LogP contribution < -0.4 is 4.90 Å². The molecule has 1 aromatic carbocycles. The van der Waals surface area contributed by atoms with Gasteiger partial charge >= 0.3 is 0 Å². The zero-order valence-electron chi connectivity index (χ0n) is 11.4. The zero-order chi connectivity index (χ0) is 14.0. The van der Waals surface area contributed by atoms with Gasteiger partial charge in [0, 0.05) is 22.8 Å². The van der Waals surface area contributed by atoms with E-state index >= 15 is 0 Å². The molecule has 3 nitrogen and oxygen atoms in total. The number of hydrogen-bond acceptors (Lipinski definition) is 3. The average Bonchev–Trinajstić information content (AvgIpc) is 2.74. The molecule has 0 aliphatic rings. The highest BCUT2D eigenvalue weighted by Gasteiger charge is 2.13. The van der Waals surface area contributed by atoms with Crippen LogP contribution in [-0.2, 0) is 6.54 Å². The van der Waals surface area contributed by atoms with Crippen LogP contribution >= 0.6 is 15.9 Å². The Bertz CT molecular complexity index is 563. The van der Waals surface area contributed by atoms with Crippen LogP contribution in [-0.4, -0.2) is 12.2 Å². The number of furan rings is 1. The lowest BCUT2D eigenvalue weighted by Crippen LogP contribution is -2.18. The Morgan fingerprint density at radius 1 is 1.32 bits per heavy atom. The number of rotatable bonds is 4. The van der Waals surface area contributed by atoms with Crippen molar-refractivity contribution in [2.45, 2.75) is 26.5 Å². The van der Waals surface area contributed by atoms with Crippen LogP contribution in [0.4, 0.5) is 5.69 Å². The van der Waals surface area contributed by atoms with Crippen LogP contribution in [0.15, 0.2) is 39.2 Å². The third-order valence-corrected chi connectivity index (χ3v) is 3.53. The van der Waals surface area contributed by atoms with Gasteiger partial charge < -0.3 is 14.4 Å². The van der Waals surface area contributed by atoms with E-state index in [2.05, 4.69) is 20.8 Å². The summed E-state index contributed by atoms with van der Waals surface area (Å²) >= 11 is 3.44. The van der Waals surface area contributed by atoms with E-state index in [0.29, 0.717) is 6.54 Å². The van der Waals surface area contributed by atoms with Crippen LogP contribution in [0, 0.1) is 6.92 Å². The summed E-state index contributed by atoms with van der Waals surface area (Å²) in [5, 5.41) is 9.88. The van der Waals surface area contributed by atoms with Crippen molar-refractivity contribution >= 4 is 21.6 Å². The third-order valence-electron chi connectivity index (χ3n) is 3.04. The van der Waals surface area contributed by atoms with Gasteiger partial charge in [0.05, 0.1) is 12.6 Å². The van der Waals surface area contributed by atoms with Crippen molar-refractivity contribution in [2.75, 3.05) is 11.9 Å². The van der Waals surface area contributed by atoms with E-state index in [9.17, 15) is 5.11 Å². The van der Waals surface area contributed by atoms with Crippen LogP contribution in [0.1, 0.15) is 30.1 Å². The first-order valence-electron chi connectivity index (χ1n) is 6.21. The quantitative estimate of drug-likeness (QED) is 0.922. The molecule has 0 fully saturated rings. The Labute approximate surface area is 122 Å². The van der Waals surface area contributed by atoms with Crippen LogP contribution in [0.2, 0.25) is 0 Å². The summed E-state index contributed by atoms with van der Waals surface area (Å²) in [6.07, 6.45) is -0.506. The van der Waals surface area contributed by atoms with Gasteiger partial charge in [0.1, 0.15) is 11.5 Å². The van der Waals surface area contributed by atoms with Gasteiger partial charge in [0.15, 0.2) is 0 Å². The molecule has 2 rings (SSSR count). The highest BCUT2D eigenvalue weighted by atomic mass is 79.9. The van der Waals surface area contributed by atoms with Gasteiger partial charge in [-0.25, -0.2) is 0 Å². The second-order valence-electron chi connectivity index (χ2n) is 4.75. The van der Waals surface area contributed by atoms with Crippen LogP contribution in [0.25, 0.3) is 0 Å². The van der Waals surface area contributed by atoms with E-state index in [1.807, 2.05) is 44.3 Å². The van der Waals surface area contributed by atoms with Gasteiger partial charge in [-0.15, -0.1) is 0 Å². The number of aliphatic hydroxyl groups is 1. The van der Waals surface area contributed by atoms with Gasteiger partial charge in [-0.05, 0) is 44.2 Å². The fourth-order valence-electron chi connectivity index (χ4n) is 2.10. The molecule has 1 aromatic heterocycles. The number of aryl methyl sites for hydroxylation is 1. The van der Waals surface area contributed by atoms with E-state index < -0.39 is 6.10 Å². The normalized spacial score (nSPS) is 12.5. The molecular weight excluding hydrogens is 306 g/mol. The molecule has 1 unspecified atom stereocenters. The van der Waals surface area contributed by atoms with E-state index in [1.165, 1.54) is 0 Å². The lowest BCUT2D eigenvalue weighted by molar-refractivity contribution is 0.199. The topological polar surface area (TPSA) is 36.6 Å². The average molecular weight is 324 g/mol. The highest BCUT2D eigenvalue weighted by Crippen LogP contribution is 2.29. The lowest BCUT2D eigenvalue weighted by Gasteiger charge is -2.23. The van der Waals surface area contributed by atoms with Crippen molar-refractivity contribution in [2.24, 2.45) is 0 Å². The first-order valence-corrected chi connectivity index (χ1v) is 7.00. The summed E-state index contributed by atoms with van der Waals surface area (Å²) in [5.74, 6) is 1.83. The van der Waals surface area contributed by atoms with Crippen molar-refractivity contribution in [3.63, 3.8) is 0 Å². The Morgan fingerprint density at radius 3 is 2.63 bits per heavy atom. The Kier molecular flexibility index (Phi) is 4.32. The number of nitrogens with zero attached hydrogens (tertiary/aromatic N) is 1. The third kappa shape index (κ3) is 3.39. The molecule has 0 saturated heterocycles. The summed E-state index contributed by atoms with van der Waals surface area (Å²) < 4.78 is 6.55. The summed E-state index contributed by atoms with van der Waals surface area (Å²) in [6.45, 7) is 4.38. The van der Waals surface area contributed by atoms with Crippen molar-refractivity contribution in [1.82, 2.24) is 0 Å². The van der Waals surface area contributed by atoms with Crippen molar-refractivity contribution in [3.05, 3.63) is 51.9 Å². The minimum absolute atomic E-state index is 0.506. The monoisotopic (exact) mass is 323 g/mol. The largest absolute Gasteiger partial charge is 0.464 e. The van der Waals surface area contributed by atoms with E-state index in [4.69, 9.17) is 4.42 Å². The van der Waals surface area contributed by atoms with E-state index in [1.54, 1.807) is 6.92 Å². The number of aliphatic hydroxyl groups excluding tert-OH is 1. The maximum atomic E-state index is 9.88. The molecule has 0 saturated carbocycles. The van der Waals surface area contributed by atoms with Crippen molar-refractivity contribution < 1.29 is 9.52 Å².